The molecular formula is C15H14N2O5S. The number of anilines is 1. The summed E-state index contributed by atoms with van der Waals surface area (Å²) < 4.78 is 26.1. The highest BCUT2D eigenvalue weighted by molar-refractivity contribution is 7.89. The molecule has 8 heteroatoms. The van der Waals surface area contributed by atoms with E-state index in [1.807, 2.05) is 0 Å². The molecule has 2 aromatic rings. The van der Waals surface area contributed by atoms with Gasteiger partial charge >= 0.3 is 5.97 Å². The van der Waals surface area contributed by atoms with Crippen LogP contribution in [0.4, 0.5) is 5.69 Å². The van der Waals surface area contributed by atoms with E-state index in [-0.39, 0.29) is 16.1 Å². The number of aromatic carboxylic acids is 1. The molecule has 2 rings (SSSR count). The van der Waals surface area contributed by atoms with Crippen molar-refractivity contribution in [3.8, 4) is 0 Å². The Kier molecular flexibility index (Phi) is 5.09. The summed E-state index contributed by atoms with van der Waals surface area (Å²) in [5.41, 5.74) is 0.0238. The molecule has 0 saturated heterocycles. The van der Waals surface area contributed by atoms with Crippen molar-refractivity contribution in [1.29, 1.82) is 0 Å². The number of benzene rings is 2. The van der Waals surface area contributed by atoms with Gasteiger partial charge in [-0.3, -0.25) is 4.79 Å². The maximum absolute atomic E-state index is 12.0. The van der Waals surface area contributed by atoms with Crippen molar-refractivity contribution < 1.29 is 23.1 Å². The lowest BCUT2D eigenvalue weighted by Gasteiger charge is -2.09. The Morgan fingerprint density at radius 2 is 1.57 bits per heavy atom. The molecule has 0 spiro atoms. The number of carboxylic acid groups (broad SMARTS) is 1. The minimum Gasteiger partial charge on any atom is -0.478 e. The van der Waals surface area contributed by atoms with Crippen LogP contribution in [0.5, 0.6) is 0 Å². The number of hydrogen-bond acceptors (Lipinski definition) is 4. The van der Waals surface area contributed by atoms with Gasteiger partial charge in [0.1, 0.15) is 0 Å². The largest absolute Gasteiger partial charge is 0.478 e. The molecule has 0 heterocycles. The summed E-state index contributed by atoms with van der Waals surface area (Å²) in [5, 5.41) is 11.4. The predicted octanol–water partition coefficient (Wildman–Crippen LogP) is 1.30. The lowest BCUT2D eigenvalue weighted by Crippen LogP contribution is -2.33. The van der Waals surface area contributed by atoms with Crippen molar-refractivity contribution >= 4 is 27.6 Å². The molecule has 0 saturated carbocycles. The fraction of sp³-hybridized carbons (Fsp3) is 0.0667. The molecule has 0 radical (unpaired) electrons. The molecule has 1 amide bonds. The van der Waals surface area contributed by atoms with Crippen LogP contribution < -0.4 is 10.0 Å². The number of carboxylic acids is 1. The van der Waals surface area contributed by atoms with E-state index in [2.05, 4.69) is 10.0 Å². The molecule has 0 unspecified atom stereocenters. The molecule has 120 valence electrons. The molecule has 0 aromatic heterocycles. The average Bonchev–Trinajstić information content (AvgIpc) is 2.54. The summed E-state index contributed by atoms with van der Waals surface area (Å²) in [5.74, 6) is -1.86. The fourth-order valence-electron chi connectivity index (χ4n) is 1.82. The van der Waals surface area contributed by atoms with Crippen LogP contribution in [0, 0.1) is 0 Å². The third kappa shape index (κ3) is 4.38. The third-order valence-electron chi connectivity index (χ3n) is 2.91. The van der Waals surface area contributed by atoms with Crippen molar-refractivity contribution in [3.05, 3.63) is 60.2 Å². The maximum Gasteiger partial charge on any atom is 0.337 e. The smallest absolute Gasteiger partial charge is 0.337 e. The van der Waals surface area contributed by atoms with Crippen molar-refractivity contribution in [1.82, 2.24) is 4.72 Å². The summed E-state index contributed by atoms with van der Waals surface area (Å²) in [6.45, 7) is -0.509. The average molecular weight is 334 g/mol. The van der Waals surface area contributed by atoms with Gasteiger partial charge in [0.15, 0.2) is 0 Å². The van der Waals surface area contributed by atoms with Crippen LogP contribution in [0.15, 0.2) is 59.5 Å². The summed E-state index contributed by atoms with van der Waals surface area (Å²) in [7, 11) is -3.80. The number of carbonyl (C=O) groups excluding carboxylic acids is 1. The van der Waals surface area contributed by atoms with Crippen LogP contribution in [0.25, 0.3) is 0 Å². The highest BCUT2D eigenvalue weighted by Crippen LogP contribution is 2.14. The Labute approximate surface area is 133 Å². The second-order valence-corrected chi connectivity index (χ2v) is 6.30. The van der Waals surface area contributed by atoms with Crippen molar-refractivity contribution in [2.45, 2.75) is 4.90 Å². The van der Waals surface area contributed by atoms with Gasteiger partial charge in [-0.25, -0.2) is 17.9 Å². The van der Waals surface area contributed by atoms with Gasteiger partial charge in [0.05, 0.1) is 22.7 Å². The molecule has 2 aromatic carbocycles. The number of hydrogen-bond donors (Lipinski definition) is 3. The number of nitrogens with one attached hydrogen (secondary N) is 2. The number of para-hydroxylation sites is 1. The van der Waals surface area contributed by atoms with Gasteiger partial charge in [-0.15, -0.1) is 0 Å². The van der Waals surface area contributed by atoms with Crippen molar-refractivity contribution in [2.24, 2.45) is 0 Å². The molecule has 0 aliphatic carbocycles. The van der Waals surface area contributed by atoms with Gasteiger partial charge in [0.2, 0.25) is 15.9 Å². The molecule has 0 bridgehead atoms. The minimum atomic E-state index is -3.80. The molecule has 0 aliphatic rings. The minimum absolute atomic E-state index is 0.0405. The van der Waals surface area contributed by atoms with E-state index in [1.165, 1.54) is 30.3 Å². The zero-order valence-electron chi connectivity index (χ0n) is 11.9. The van der Waals surface area contributed by atoms with E-state index in [0.29, 0.717) is 0 Å². The fourth-order valence-corrected chi connectivity index (χ4v) is 2.82. The monoisotopic (exact) mass is 334 g/mol. The first-order valence-electron chi connectivity index (χ1n) is 6.57. The van der Waals surface area contributed by atoms with Gasteiger partial charge in [0, 0.05) is 0 Å². The Morgan fingerprint density at radius 1 is 0.957 bits per heavy atom. The molecular weight excluding hydrogens is 320 g/mol. The Bertz CT molecular complexity index is 819. The molecule has 0 fully saturated rings. The van der Waals surface area contributed by atoms with Crippen LogP contribution >= 0.6 is 0 Å². The quantitative estimate of drug-likeness (QED) is 0.737. The van der Waals surface area contributed by atoms with Gasteiger partial charge in [0.25, 0.3) is 0 Å². The van der Waals surface area contributed by atoms with Crippen LogP contribution in [0.3, 0.4) is 0 Å². The van der Waals surface area contributed by atoms with Gasteiger partial charge in [-0.2, -0.15) is 0 Å². The summed E-state index contributed by atoms with van der Waals surface area (Å²) in [4.78, 5) is 22.9. The highest BCUT2D eigenvalue weighted by atomic mass is 32.2. The second kappa shape index (κ2) is 7.03. The van der Waals surface area contributed by atoms with Crippen LogP contribution in [0.1, 0.15) is 10.4 Å². The molecule has 0 aliphatic heterocycles. The number of amides is 1. The van der Waals surface area contributed by atoms with E-state index in [0.717, 1.165) is 0 Å². The molecule has 3 N–H and O–H groups in total. The van der Waals surface area contributed by atoms with Crippen LogP contribution in [-0.2, 0) is 14.8 Å². The van der Waals surface area contributed by atoms with Crippen LogP contribution in [-0.4, -0.2) is 31.9 Å². The van der Waals surface area contributed by atoms with Crippen molar-refractivity contribution in [3.63, 3.8) is 0 Å². The van der Waals surface area contributed by atoms with E-state index >= 15 is 0 Å². The second-order valence-electron chi connectivity index (χ2n) is 4.54. The van der Waals surface area contributed by atoms with E-state index in [9.17, 15) is 18.0 Å². The highest BCUT2D eigenvalue weighted by Gasteiger charge is 2.16. The standard InChI is InChI=1S/C15H14N2O5S/c18-14(17-13-9-5-4-8-12(13)15(19)20)10-16-23(21,22)11-6-2-1-3-7-11/h1-9,16H,10H2,(H,17,18)(H,19,20). The maximum atomic E-state index is 12.0. The van der Waals surface area contributed by atoms with Gasteiger partial charge in [-0.1, -0.05) is 30.3 Å². The lowest BCUT2D eigenvalue weighted by molar-refractivity contribution is -0.115. The predicted molar refractivity (Wildman–Crippen MR) is 83.7 cm³/mol. The molecule has 7 nitrogen and oxygen atoms in total. The first-order valence-corrected chi connectivity index (χ1v) is 8.05. The topological polar surface area (TPSA) is 113 Å². The molecule has 23 heavy (non-hydrogen) atoms. The normalized spacial score (nSPS) is 11.0. The summed E-state index contributed by atoms with van der Waals surface area (Å²) >= 11 is 0. The zero-order valence-corrected chi connectivity index (χ0v) is 12.7. The van der Waals surface area contributed by atoms with E-state index in [1.54, 1.807) is 24.3 Å². The lowest BCUT2D eigenvalue weighted by atomic mass is 10.2. The first kappa shape index (κ1) is 16.7. The SMILES string of the molecule is O=C(CNS(=O)(=O)c1ccccc1)Nc1ccccc1C(=O)O. The first-order chi connectivity index (χ1) is 10.9. The van der Waals surface area contributed by atoms with Crippen LogP contribution in [0.2, 0.25) is 0 Å². The van der Waals surface area contributed by atoms with Crippen molar-refractivity contribution in [2.75, 3.05) is 11.9 Å². The summed E-state index contributed by atoms with van der Waals surface area (Å²) in [6, 6.07) is 13.5. The van der Waals surface area contributed by atoms with Gasteiger partial charge in [-0.05, 0) is 24.3 Å². The third-order valence-corrected chi connectivity index (χ3v) is 4.32. The number of carbonyl (C=O) groups is 2. The molecule has 0 atom stereocenters. The van der Waals surface area contributed by atoms with Gasteiger partial charge < -0.3 is 10.4 Å². The number of rotatable bonds is 6. The van der Waals surface area contributed by atoms with E-state index < -0.39 is 28.4 Å². The zero-order chi connectivity index (χ0) is 16.9. The Morgan fingerprint density at radius 3 is 2.22 bits per heavy atom. The number of sulfonamides is 1. The Balaban J connectivity index is 2.03. The summed E-state index contributed by atoms with van der Waals surface area (Å²) in [6.07, 6.45) is 0. The Hall–Kier alpha value is -2.71. The van der Waals surface area contributed by atoms with E-state index in [4.69, 9.17) is 5.11 Å².